The van der Waals surface area contributed by atoms with E-state index in [-0.39, 0.29) is 34.8 Å². The van der Waals surface area contributed by atoms with Crippen molar-refractivity contribution in [2.24, 2.45) is 0 Å². The largest absolute Gasteiger partial charge is 0.419 e. The number of alkyl halides is 3. The second-order valence-corrected chi connectivity index (χ2v) is 7.55. The number of piperidine rings is 1. The molecule has 2 aromatic heterocycles. The van der Waals surface area contributed by atoms with Gasteiger partial charge in [-0.15, -0.1) is 0 Å². The van der Waals surface area contributed by atoms with Gasteiger partial charge in [0.05, 0.1) is 5.69 Å². The van der Waals surface area contributed by atoms with E-state index in [4.69, 9.17) is 0 Å². The maximum absolute atomic E-state index is 13.7. The molecule has 4 heterocycles. The highest BCUT2D eigenvalue weighted by atomic mass is 19.4. The van der Waals surface area contributed by atoms with Crippen LogP contribution in [0.2, 0.25) is 0 Å². The van der Waals surface area contributed by atoms with E-state index in [0.717, 1.165) is 25.6 Å². The fraction of sp³-hybridized carbons (Fsp3) is 0.450. The summed E-state index contributed by atoms with van der Waals surface area (Å²) in [6, 6.07) is 0.0466. The zero-order valence-corrected chi connectivity index (χ0v) is 16.5. The Balaban J connectivity index is 1.79. The first-order chi connectivity index (χ1) is 14.3. The van der Waals surface area contributed by atoms with Gasteiger partial charge in [0.1, 0.15) is 11.3 Å². The van der Waals surface area contributed by atoms with Crippen LogP contribution in [0, 0.1) is 0 Å². The van der Waals surface area contributed by atoms with E-state index in [9.17, 15) is 18.0 Å². The molecule has 30 heavy (non-hydrogen) atoms. The Morgan fingerprint density at radius 3 is 2.90 bits per heavy atom. The number of hydrogen-bond acceptors (Lipinski definition) is 5. The quantitative estimate of drug-likeness (QED) is 0.710. The minimum absolute atomic E-state index is 0.0466. The van der Waals surface area contributed by atoms with Crippen LogP contribution in [0.5, 0.6) is 0 Å². The Morgan fingerprint density at radius 1 is 1.33 bits per heavy atom. The lowest BCUT2D eigenvalue weighted by Gasteiger charge is -2.24. The van der Waals surface area contributed by atoms with Crippen molar-refractivity contribution in [3.05, 3.63) is 35.3 Å². The van der Waals surface area contributed by atoms with E-state index >= 15 is 0 Å². The number of H-pyrrole nitrogens is 1. The summed E-state index contributed by atoms with van der Waals surface area (Å²) in [5.41, 5.74) is -0.304. The average Bonchev–Trinajstić information content (AvgIpc) is 3.12. The van der Waals surface area contributed by atoms with E-state index in [2.05, 4.69) is 25.6 Å². The smallest absolute Gasteiger partial charge is 0.356 e. The molecule has 1 amide bonds. The number of anilines is 1. The molecule has 7 nitrogen and oxygen atoms in total. The first-order valence-electron chi connectivity index (χ1n) is 9.90. The number of halogens is 3. The molecular weight excluding hydrogens is 397 g/mol. The molecule has 0 aromatic carbocycles. The minimum atomic E-state index is -4.63. The van der Waals surface area contributed by atoms with E-state index in [1.807, 2.05) is 6.08 Å². The average molecular weight is 420 g/mol. The van der Waals surface area contributed by atoms with Gasteiger partial charge < -0.3 is 20.5 Å². The summed E-state index contributed by atoms with van der Waals surface area (Å²) in [6.07, 6.45) is 3.59. The monoisotopic (exact) mass is 420 g/mol. The topological polar surface area (TPSA) is 85.9 Å². The Kier molecular flexibility index (Phi) is 5.50. The van der Waals surface area contributed by atoms with Crippen molar-refractivity contribution in [2.45, 2.75) is 31.5 Å². The fourth-order valence-electron chi connectivity index (χ4n) is 3.76. The third kappa shape index (κ3) is 4.04. The van der Waals surface area contributed by atoms with Gasteiger partial charge >= 0.3 is 6.18 Å². The summed E-state index contributed by atoms with van der Waals surface area (Å²) >= 11 is 0. The number of amides is 1. The predicted octanol–water partition coefficient (Wildman–Crippen LogP) is 3.14. The van der Waals surface area contributed by atoms with Crippen LogP contribution < -0.4 is 10.6 Å². The Hall–Kier alpha value is -2.88. The number of aromatic amines is 1. The number of fused-ring (bicyclic) bond motifs is 1. The van der Waals surface area contributed by atoms with E-state index in [1.54, 1.807) is 13.1 Å². The number of rotatable bonds is 3. The van der Waals surface area contributed by atoms with Crippen molar-refractivity contribution in [3.8, 4) is 11.3 Å². The molecule has 160 valence electrons. The molecule has 0 unspecified atom stereocenters. The third-order valence-corrected chi connectivity index (χ3v) is 5.38. The lowest BCUT2D eigenvalue weighted by atomic mass is 10.0. The molecule has 2 aromatic rings. The van der Waals surface area contributed by atoms with Gasteiger partial charge in [0.2, 0.25) is 5.95 Å². The zero-order chi connectivity index (χ0) is 21.3. The summed E-state index contributed by atoms with van der Waals surface area (Å²) in [5, 5.41) is 6.37. The first kappa shape index (κ1) is 20.4. The Morgan fingerprint density at radius 2 is 2.17 bits per heavy atom. The maximum atomic E-state index is 13.7. The van der Waals surface area contributed by atoms with Crippen molar-refractivity contribution < 1.29 is 18.0 Å². The van der Waals surface area contributed by atoms with Crippen molar-refractivity contribution in [3.63, 3.8) is 0 Å². The molecule has 2 aliphatic rings. The standard InChI is InChI=1S/C20H23F3N6O/c1-29-8-3-2-6-13-14(10-25-17(13)18(29)30)16-15(20(21,22)23)11-26-19(28-16)27-12-5-4-7-24-9-12/h2,6,10-12,24-25H,3-5,7-9H2,1H3,(H,26,27,28)/t12-/m0/s1. The summed E-state index contributed by atoms with van der Waals surface area (Å²) in [5.74, 6) is -0.130. The molecule has 1 atom stereocenters. The fourth-order valence-corrected chi connectivity index (χ4v) is 3.76. The molecule has 0 aliphatic carbocycles. The molecule has 3 N–H and O–H groups in total. The van der Waals surface area contributed by atoms with Crippen LogP contribution in [-0.2, 0) is 6.18 Å². The number of nitrogens with zero attached hydrogens (tertiary/aromatic N) is 3. The molecule has 1 saturated heterocycles. The van der Waals surface area contributed by atoms with Gasteiger partial charge in [0.15, 0.2) is 0 Å². The van der Waals surface area contributed by atoms with Gasteiger partial charge in [-0.05, 0) is 25.8 Å². The van der Waals surface area contributed by atoms with Crippen LogP contribution in [0.4, 0.5) is 19.1 Å². The molecule has 10 heteroatoms. The minimum Gasteiger partial charge on any atom is -0.356 e. The van der Waals surface area contributed by atoms with Crippen LogP contribution in [0.1, 0.15) is 40.9 Å². The van der Waals surface area contributed by atoms with Gasteiger partial charge in [-0.25, -0.2) is 9.97 Å². The second kappa shape index (κ2) is 8.10. The van der Waals surface area contributed by atoms with Crippen molar-refractivity contribution >= 4 is 17.9 Å². The summed E-state index contributed by atoms with van der Waals surface area (Å²) in [7, 11) is 1.66. The highest BCUT2D eigenvalue weighted by molar-refractivity contribution is 5.99. The summed E-state index contributed by atoms with van der Waals surface area (Å²) < 4.78 is 41.2. The Labute approximate surface area is 171 Å². The molecule has 0 saturated carbocycles. The van der Waals surface area contributed by atoms with Crippen LogP contribution in [-0.4, -0.2) is 58.5 Å². The Bertz CT molecular complexity index is 962. The molecule has 0 radical (unpaired) electrons. The molecule has 1 fully saturated rings. The van der Waals surface area contributed by atoms with Crippen molar-refractivity contribution in [1.82, 2.24) is 25.2 Å². The van der Waals surface area contributed by atoms with Gasteiger partial charge in [-0.3, -0.25) is 4.79 Å². The first-order valence-corrected chi connectivity index (χ1v) is 9.90. The lowest BCUT2D eigenvalue weighted by Crippen LogP contribution is -2.38. The van der Waals surface area contributed by atoms with Crippen LogP contribution in [0.25, 0.3) is 17.3 Å². The highest BCUT2D eigenvalue weighted by Gasteiger charge is 2.37. The summed E-state index contributed by atoms with van der Waals surface area (Å²) in [6.45, 7) is 2.15. The van der Waals surface area contributed by atoms with Gasteiger partial charge in [-0.1, -0.05) is 12.2 Å². The predicted molar refractivity (Wildman–Crippen MR) is 107 cm³/mol. The van der Waals surface area contributed by atoms with Crippen molar-refractivity contribution in [2.75, 3.05) is 32.0 Å². The lowest BCUT2D eigenvalue weighted by molar-refractivity contribution is -0.137. The zero-order valence-electron chi connectivity index (χ0n) is 16.5. The van der Waals surface area contributed by atoms with Gasteiger partial charge in [0, 0.05) is 49.7 Å². The number of carbonyl (C=O) groups is 1. The van der Waals surface area contributed by atoms with Gasteiger partial charge in [-0.2, -0.15) is 13.2 Å². The van der Waals surface area contributed by atoms with E-state index in [1.165, 1.54) is 11.1 Å². The molecule has 4 rings (SSSR count). The van der Waals surface area contributed by atoms with E-state index < -0.39 is 11.7 Å². The number of hydrogen-bond donors (Lipinski definition) is 3. The molecule has 0 bridgehead atoms. The highest BCUT2D eigenvalue weighted by Crippen LogP contribution is 2.38. The molecule has 0 spiro atoms. The van der Waals surface area contributed by atoms with E-state index in [0.29, 0.717) is 25.1 Å². The van der Waals surface area contributed by atoms with Gasteiger partial charge in [0.25, 0.3) is 5.91 Å². The van der Waals surface area contributed by atoms with Crippen molar-refractivity contribution in [1.29, 1.82) is 0 Å². The van der Waals surface area contributed by atoms with Crippen LogP contribution >= 0.6 is 0 Å². The van der Waals surface area contributed by atoms with Crippen LogP contribution in [0.15, 0.2) is 18.5 Å². The normalized spacial score (nSPS) is 19.9. The SMILES string of the molecule is CN1CCC=Cc2c(-c3nc(N[C@H]4CCCNC4)ncc3C(F)(F)F)c[nH]c2C1=O. The maximum Gasteiger partial charge on any atom is 0.419 e. The molecule has 2 aliphatic heterocycles. The third-order valence-electron chi connectivity index (χ3n) is 5.38. The van der Waals surface area contributed by atoms with Crippen LogP contribution in [0.3, 0.4) is 0 Å². The number of nitrogens with one attached hydrogen (secondary N) is 3. The molecular formula is C20H23F3N6O. The number of carbonyl (C=O) groups excluding carboxylic acids is 1. The second-order valence-electron chi connectivity index (χ2n) is 7.55. The number of aromatic nitrogens is 3. The summed E-state index contributed by atoms with van der Waals surface area (Å²) in [4.78, 5) is 25.2.